The van der Waals surface area contributed by atoms with Crippen molar-refractivity contribution in [2.24, 2.45) is 17.6 Å². The van der Waals surface area contributed by atoms with Gasteiger partial charge in [-0.05, 0) is 42.4 Å². The van der Waals surface area contributed by atoms with Gasteiger partial charge in [-0.25, -0.2) is 4.39 Å². The first-order valence-corrected chi connectivity index (χ1v) is 8.46. The molecule has 0 radical (unpaired) electrons. The molecular formula is C18H26FN3O2. The molecule has 5 nitrogen and oxygen atoms in total. The van der Waals surface area contributed by atoms with Crippen LogP contribution in [-0.2, 0) is 9.59 Å². The molecule has 132 valence electrons. The Bertz CT molecular complexity index is 570. The summed E-state index contributed by atoms with van der Waals surface area (Å²) in [6.45, 7) is 3.60. The highest BCUT2D eigenvalue weighted by Crippen LogP contribution is 2.37. The molecule has 1 fully saturated rings. The van der Waals surface area contributed by atoms with E-state index in [9.17, 15) is 14.0 Å². The van der Waals surface area contributed by atoms with Gasteiger partial charge < -0.3 is 16.4 Å². The highest BCUT2D eigenvalue weighted by Gasteiger charge is 2.30. The molecule has 1 aliphatic rings. The van der Waals surface area contributed by atoms with Crippen molar-refractivity contribution >= 4 is 11.8 Å². The van der Waals surface area contributed by atoms with Crippen molar-refractivity contribution in [1.82, 2.24) is 10.6 Å². The largest absolute Gasteiger partial charge is 0.347 e. The quantitative estimate of drug-likeness (QED) is 0.711. The summed E-state index contributed by atoms with van der Waals surface area (Å²) in [6, 6.07) is 5.42. The van der Waals surface area contributed by atoms with Gasteiger partial charge in [0.15, 0.2) is 0 Å². The third kappa shape index (κ3) is 4.77. The highest BCUT2D eigenvalue weighted by molar-refractivity contribution is 5.87. The Morgan fingerprint density at radius 3 is 2.38 bits per heavy atom. The van der Waals surface area contributed by atoms with Gasteiger partial charge in [-0.3, -0.25) is 9.59 Å². The molecule has 1 saturated carbocycles. The summed E-state index contributed by atoms with van der Waals surface area (Å²) in [5.41, 5.74) is 6.64. The molecule has 2 amide bonds. The van der Waals surface area contributed by atoms with Gasteiger partial charge in [0.1, 0.15) is 5.82 Å². The molecule has 0 saturated heterocycles. The van der Waals surface area contributed by atoms with E-state index in [-0.39, 0.29) is 36.1 Å². The van der Waals surface area contributed by atoms with E-state index in [1.54, 1.807) is 12.1 Å². The third-order valence-corrected chi connectivity index (χ3v) is 4.61. The fourth-order valence-electron chi connectivity index (χ4n) is 2.73. The van der Waals surface area contributed by atoms with E-state index in [1.807, 2.05) is 13.8 Å². The Labute approximate surface area is 142 Å². The fraction of sp³-hybridized carbons (Fsp3) is 0.556. The summed E-state index contributed by atoms with van der Waals surface area (Å²) in [4.78, 5) is 24.0. The number of benzene rings is 1. The minimum atomic E-state index is -0.627. The maximum Gasteiger partial charge on any atom is 0.239 e. The highest BCUT2D eigenvalue weighted by atomic mass is 19.1. The summed E-state index contributed by atoms with van der Waals surface area (Å²) >= 11 is 0. The Hall–Kier alpha value is -1.95. The molecule has 0 bridgehead atoms. The van der Waals surface area contributed by atoms with Crippen LogP contribution in [0.4, 0.5) is 4.39 Å². The summed E-state index contributed by atoms with van der Waals surface area (Å²) in [7, 11) is 0. The minimum Gasteiger partial charge on any atom is -0.347 e. The molecule has 0 aliphatic heterocycles. The first-order valence-electron chi connectivity index (χ1n) is 8.46. The second kappa shape index (κ2) is 8.24. The number of halogens is 1. The van der Waals surface area contributed by atoms with Gasteiger partial charge >= 0.3 is 0 Å². The smallest absolute Gasteiger partial charge is 0.239 e. The average Bonchev–Trinajstić information content (AvgIpc) is 2.50. The lowest BCUT2D eigenvalue weighted by atomic mass is 9.77. The van der Waals surface area contributed by atoms with Crippen LogP contribution < -0.4 is 16.4 Å². The van der Waals surface area contributed by atoms with Crippen molar-refractivity contribution in [3.63, 3.8) is 0 Å². The fourth-order valence-corrected chi connectivity index (χ4v) is 2.73. The summed E-state index contributed by atoms with van der Waals surface area (Å²) in [5, 5.41) is 5.53. The molecule has 24 heavy (non-hydrogen) atoms. The van der Waals surface area contributed by atoms with Crippen LogP contribution in [0.1, 0.15) is 44.7 Å². The zero-order valence-corrected chi connectivity index (χ0v) is 14.2. The number of carbonyl (C=O) groups excluding carboxylic acids is 2. The molecule has 4 N–H and O–H groups in total. The van der Waals surface area contributed by atoms with Crippen LogP contribution >= 0.6 is 0 Å². The lowest BCUT2D eigenvalue weighted by Crippen LogP contribution is -2.48. The maximum absolute atomic E-state index is 13.1. The van der Waals surface area contributed by atoms with Crippen molar-refractivity contribution in [1.29, 1.82) is 0 Å². The van der Waals surface area contributed by atoms with Crippen molar-refractivity contribution in [3.05, 3.63) is 35.6 Å². The Morgan fingerprint density at radius 1 is 1.25 bits per heavy atom. The van der Waals surface area contributed by atoms with Crippen LogP contribution in [0.15, 0.2) is 24.3 Å². The number of hydrogen-bond acceptors (Lipinski definition) is 3. The summed E-state index contributed by atoms with van der Waals surface area (Å²) in [6.07, 6.45) is 3.21. The van der Waals surface area contributed by atoms with Gasteiger partial charge in [0.2, 0.25) is 11.8 Å². The molecule has 1 aromatic carbocycles. The molecule has 6 heteroatoms. The molecule has 1 aromatic rings. The van der Waals surface area contributed by atoms with Crippen LogP contribution in [0.25, 0.3) is 0 Å². The molecule has 2 rings (SSSR count). The second-order valence-electron chi connectivity index (χ2n) is 6.78. The normalized spacial score (nSPS) is 17.0. The SMILES string of the molecule is CC(C)[C@H](N)C(=O)NCC(=O)NC(c1ccc(F)cc1)C1CCC1. The van der Waals surface area contributed by atoms with Crippen LogP contribution in [0.5, 0.6) is 0 Å². The van der Waals surface area contributed by atoms with E-state index in [0.717, 1.165) is 24.8 Å². The number of rotatable bonds is 7. The number of amides is 2. The number of hydrogen-bond donors (Lipinski definition) is 3. The van der Waals surface area contributed by atoms with E-state index in [2.05, 4.69) is 10.6 Å². The Kier molecular flexibility index (Phi) is 6.31. The van der Waals surface area contributed by atoms with Gasteiger partial charge in [-0.1, -0.05) is 32.4 Å². The van der Waals surface area contributed by atoms with E-state index in [4.69, 9.17) is 5.73 Å². The zero-order chi connectivity index (χ0) is 17.7. The van der Waals surface area contributed by atoms with Crippen molar-refractivity contribution in [2.75, 3.05) is 6.54 Å². The molecule has 1 aliphatic carbocycles. The van der Waals surface area contributed by atoms with Gasteiger partial charge in [0.25, 0.3) is 0 Å². The Morgan fingerprint density at radius 2 is 1.88 bits per heavy atom. The van der Waals surface area contributed by atoms with E-state index < -0.39 is 6.04 Å². The van der Waals surface area contributed by atoms with Gasteiger partial charge in [-0.2, -0.15) is 0 Å². The Balaban J connectivity index is 1.93. The van der Waals surface area contributed by atoms with E-state index >= 15 is 0 Å². The second-order valence-corrected chi connectivity index (χ2v) is 6.78. The molecular weight excluding hydrogens is 309 g/mol. The van der Waals surface area contributed by atoms with Crippen molar-refractivity contribution < 1.29 is 14.0 Å². The topological polar surface area (TPSA) is 84.2 Å². The van der Waals surface area contributed by atoms with Crippen LogP contribution in [-0.4, -0.2) is 24.4 Å². The molecule has 0 spiro atoms. The maximum atomic E-state index is 13.1. The number of nitrogens with two attached hydrogens (primary N) is 1. The van der Waals surface area contributed by atoms with Crippen LogP contribution in [0.2, 0.25) is 0 Å². The van der Waals surface area contributed by atoms with Crippen LogP contribution in [0, 0.1) is 17.7 Å². The zero-order valence-electron chi connectivity index (χ0n) is 14.2. The standard InChI is InChI=1S/C18H26FN3O2/c1-11(2)16(20)18(24)21-10-15(23)22-17(12-4-3-5-12)13-6-8-14(19)9-7-13/h6-9,11-12,16-17H,3-5,10,20H2,1-2H3,(H,21,24)(H,22,23)/t16-,17?/m0/s1. The lowest BCUT2D eigenvalue weighted by molar-refractivity contribution is -0.128. The van der Waals surface area contributed by atoms with Gasteiger partial charge in [0, 0.05) is 0 Å². The first kappa shape index (κ1) is 18.4. The first-order chi connectivity index (χ1) is 11.4. The summed E-state index contributed by atoms with van der Waals surface area (Å²) in [5.74, 6) is -0.530. The summed E-state index contributed by atoms with van der Waals surface area (Å²) < 4.78 is 13.1. The third-order valence-electron chi connectivity index (χ3n) is 4.61. The van der Waals surface area contributed by atoms with Crippen LogP contribution in [0.3, 0.4) is 0 Å². The molecule has 2 atom stereocenters. The minimum absolute atomic E-state index is 0.00926. The molecule has 0 aromatic heterocycles. The monoisotopic (exact) mass is 335 g/mol. The molecule has 0 heterocycles. The van der Waals surface area contributed by atoms with Crippen molar-refractivity contribution in [2.45, 2.75) is 45.2 Å². The van der Waals surface area contributed by atoms with Crippen molar-refractivity contribution in [3.8, 4) is 0 Å². The van der Waals surface area contributed by atoms with E-state index in [0.29, 0.717) is 5.92 Å². The average molecular weight is 335 g/mol. The van der Waals surface area contributed by atoms with Gasteiger partial charge in [0.05, 0.1) is 18.6 Å². The predicted octanol–water partition coefficient (Wildman–Crippen LogP) is 1.88. The number of carbonyl (C=O) groups is 2. The lowest BCUT2D eigenvalue weighted by Gasteiger charge is -2.34. The number of nitrogens with one attached hydrogen (secondary N) is 2. The van der Waals surface area contributed by atoms with Gasteiger partial charge in [-0.15, -0.1) is 0 Å². The van der Waals surface area contributed by atoms with E-state index in [1.165, 1.54) is 12.1 Å². The predicted molar refractivity (Wildman–Crippen MR) is 90.4 cm³/mol. The molecule has 1 unspecified atom stereocenters.